The first-order chi connectivity index (χ1) is 18.5. The van der Waals surface area contributed by atoms with E-state index in [1.807, 2.05) is 84.9 Å². The average Bonchev–Trinajstić information content (AvgIpc) is 2.94. The van der Waals surface area contributed by atoms with Crippen LogP contribution in [-0.2, 0) is 17.4 Å². The predicted octanol–water partition coefficient (Wildman–Crippen LogP) is 6.30. The van der Waals surface area contributed by atoms with Gasteiger partial charge in [0.15, 0.2) is 5.90 Å². The lowest BCUT2D eigenvalue weighted by molar-refractivity contribution is 0.379. The third-order valence-electron chi connectivity index (χ3n) is 6.91. The van der Waals surface area contributed by atoms with E-state index in [1.54, 1.807) is 0 Å². The van der Waals surface area contributed by atoms with E-state index in [4.69, 9.17) is 0 Å². The van der Waals surface area contributed by atoms with Crippen molar-refractivity contribution in [1.29, 1.82) is 0 Å². The van der Waals surface area contributed by atoms with Gasteiger partial charge in [-0.3, -0.25) is 4.57 Å². The van der Waals surface area contributed by atoms with Crippen LogP contribution in [-0.4, -0.2) is 15.7 Å². The highest BCUT2D eigenvalue weighted by atomic mass is 31.2. The van der Waals surface area contributed by atoms with E-state index < -0.39 is 14.9 Å². The van der Waals surface area contributed by atoms with Crippen LogP contribution in [0, 0.1) is 0 Å². The van der Waals surface area contributed by atoms with Crippen LogP contribution in [0.25, 0.3) is 0 Å². The second kappa shape index (κ2) is 11.6. The zero-order valence-electron chi connectivity index (χ0n) is 21.1. The first kappa shape index (κ1) is 26.3. The normalized spacial score (nSPS) is 11.8. The Morgan fingerprint density at radius 2 is 0.974 bits per heavy atom. The van der Waals surface area contributed by atoms with Crippen LogP contribution in [0.15, 0.2) is 140 Å². The van der Waals surface area contributed by atoms with Crippen LogP contribution >= 0.6 is 14.9 Å². The zero-order chi connectivity index (χ0) is 26.4. The van der Waals surface area contributed by atoms with Gasteiger partial charge in [0.2, 0.25) is 0 Å². The maximum absolute atomic E-state index is 12.9. The molecule has 0 aliphatic heterocycles. The van der Waals surface area contributed by atoms with Gasteiger partial charge in [-0.15, -0.1) is 0 Å². The Kier molecular flexibility index (Phi) is 8.03. The van der Waals surface area contributed by atoms with Crippen molar-refractivity contribution in [2.24, 2.45) is 0 Å². The van der Waals surface area contributed by atoms with Gasteiger partial charge in [-0.1, -0.05) is 109 Å². The molecule has 190 valence electrons. The molecular weight excluding hydrogens is 506 g/mol. The fourth-order valence-electron chi connectivity index (χ4n) is 5.27. The fraction of sp³-hybridized carbons (Fsp3) is 0.0909. The molecule has 0 unspecified atom stereocenters. The van der Waals surface area contributed by atoms with E-state index in [1.165, 1.54) is 16.7 Å². The van der Waals surface area contributed by atoms with Crippen molar-refractivity contribution in [1.82, 2.24) is 0 Å². The Hall–Kier alpha value is -3.32. The van der Waals surface area contributed by atoms with Gasteiger partial charge in [-0.25, -0.2) is 0 Å². The summed E-state index contributed by atoms with van der Waals surface area (Å²) in [4.78, 5) is 21.1. The molecule has 0 saturated carbocycles. The molecule has 0 aromatic heterocycles. The molecule has 38 heavy (non-hydrogen) atoms. The molecule has 0 atom stereocenters. The van der Waals surface area contributed by atoms with Gasteiger partial charge in [0.25, 0.3) is 0 Å². The number of benzene rings is 5. The first-order valence-electron chi connectivity index (χ1n) is 12.7. The standard InChI is InChI=1S/C33H30O3P2/c34-38(35,36)26-37(30-19-9-3-10-20-30,31-21-11-4-12-22-31)33-23-13-18-29(24-27-14-5-1-6-15-27)32(33)25-28-16-7-2-8-17-28/h1-23H,24-26H2,(H-,34,35,36)/p+1. The predicted molar refractivity (Wildman–Crippen MR) is 161 cm³/mol. The summed E-state index contributed by atoms with van der Waals surface area (Å²) in [6, 6.07) is 47.0. The summed E-state index contributed by atoms with van der Waals surface area (Å²) in [6.07, 6.45) is 1.43. The Labute approximate surface area is 225 Å². The monoisotopic (exact) mass is 537 g/mol. The highest BCUT2D eigenvalue weighted by Gasteiger charge is 2.51. The van der Waals surface area contributed by atoms with Crippen molar-refractivity contribution in [3.63, 3.8) is 0 Å². The molecule has 5 heteroatoms. The van der Waals surface area contributed by atoms with Gasteiger partial charge >= 0.3 is 7.60 Å². The van der Waals surface area contributed by atoms with Crippen LogP contribution < -0.4 is 15.9 Å². The van der Waals surface area contributed by atoms with Gasteiger partial charge in [0.1, 0.15) is 23.2 Å². The van der Waals surface area contributed by atoms with Crippen LogP contribution in [0.4, 0.5) is 0 Å². The molecular formula is C33H31O3P2+. The van der Waals surface area contributed by atoms with E-state index in [0.29, 0.717) is 6.42 Å². The number of hydrogen-bond acceptors (Lipinski definition) is 1. The zero-order valence-corrected chi connectivity index (χ0v) is 22.9. The fourth-order valence-corrected chi connectivity index (χ4v) is 12.6. The van der Waals surface area contributed by atoms with Crippen molar-refractivity contribution >= 4 is 30.8 Å². The summed E-state index contributed by atoms with van der Waals surface area (Å²) in [7, 11) is -7.16. The van der Waals surface area contributed by atoms with E-state index >= 15 is 0 Å². The number of hydrogen-bond donors (Lipinski definition) is 2. The minimum absolute atomic E-state index is 0.218. The topological polar surface area (TPSA) is 57.5 Å². The van der Waals surface area contributed by atoms with Gasteiger partial charge in [-0.05, 0) is 53.4 Å². The largest absolute Gasteiger partial charge is 0.363 e. The van der Waals surface area contributed by atoms with Crippen LogP contribution in [0.2, 0.25) is 0 Å². The van der Waals surface area contributed by atoms with E-state index in [-0.39, 0.29) is 5.90 Å². The Morgan fingerprint density at radius 1 is 0.526 bits per heavy atom. The second-order valence-electron chi connectivity index (χ2n) is 9.53. The summed E-state index contributed by atoms with van der Waals surface area (Å²) in [5.41, 5.74) is 4.71. The lowest BCUT2D eigenvalue weighted by atomic mass is 9.95. The molecule has 0 aliphatic rings. The van der Waals surface area contributed by atoms with Crippen LogP contribution in [0.1, 0.15) is 22.3 Å². The minimum Gasteiger partial charge on any atom is -0.322 e. The molecule has 0 heterocycles. The highest BCUT2D eigenvalue weighted by Crippen LogP contribution is 2.64. The molecule has 5 aromatic rings. The summed E-state index contributed by atoms with van der Waals surface area (Å²) in [5, 5.41) is 2.98. The smallest absolute Gasteiger partial charge is 0.322 e. The lowest BCUT2D eigenvalue weighted by Gasteiger charge is -2.30. The van der Waals surface area contributed by atoms with Crippen molar-refractivity contribution < 1.29 is 14.4 Å². The maximum Gasteiger partial charge on any atom is 0.363 e. The summed E-state index contributed by atoms with van der Waals surface area (Å²) >= 11 is 0. The van der Waals surface area contributed by atoms with Gasteiger partial charge in [0, 0.05) is 12.0 Å². The third-order valence-corrected chi connectivity index (χ3v) is 13.7. The molecule has 0 radical (unpaired) electrons. The number of rotatable bonds is 9. The lowest BCUT2D eigenvalue weighted by Crippen LogP contribution is -2.36. The molecule has 0 fully saturated rings. The van der Waals surface area contributed by atoms with Crippen LogP contribution in [0.3, 0.4) is 0 Å². The third kappa shape index (κ3) is 5.88. The molecule has 5 aromatic carbocycles. The molecule has 3 nitrogen and oxygen atoms in total. The van der Waals surface area contributed by atoms with Crippen molar-refractivity contribution in [2.45, 2.75) is 12.8 Å². The summed E-state index contributed by atoms with van der Waals surface area (Å²) < 4.78 is 12.9. The second-order valence-corrected chi connectivity index (χ2v) is 15.1. The quantitative estimate of drug-likeness (QED) is 0.217. The molecule has 0 amide bonds. The Morgan fingerprint density at radius 3 is 1.45 bits per heavy atom. The molecule has 0 aliphatic carbocycles. The average molecular weight is 538 g/mol. The van der Waals surface area contributed by atoms with Crippen LogP contribution in [0.5, 0.6) is 0 Å². The SMILES string of the molecule is O=P(O)(O)C[P+](c1ccccc1)(c1ccccc1)c1cccc(Cc2ccccc2)c1Cc1ccccc1. The Balaban J connectivity index is 1.83. The maximum atomic E-state index is 12.9. The van der Waals surface area contributed by atoms with Crippen molar-refractivity contribution in [2.75, 3.05) is 5.90 Å². The van der Waals surface area contributed by atoms with Gasteiger partial charge in [0.05, 0.1) is 0 Å². The molecule has 0 saturated heterocycles. The van der Waals surface area contributed by atoms with Gasteiger partial charge < -0.3 is 9.79 Å². The molecule has 2 N–H and O–H groups in total. The molecule has 0 spiro atoms. The summed E-state index contributed by atoms with van der Waals surface area (Å²) in [5.74, 6) is -0.218. The first-order valence-corrected chi connectivity index (χ1v) is 16.5. The minimum atomic E-state index is -4.42. The molecule has 0 bridgehead atoms. The summed E-state index contributed by atoms with van der Waals surface area (Å²) in [6.45, 7) is 0. The highest BCUT2D eigenvalue weighted by molar-refractivity contribution is 8.00. The molecule has 5 rings (SSSR count). The Bertz CT molecular complexity index is 1480. The van der Waals surface area contributed by atoms with E-state index in [0.717, 1.165) is 27.9 Å². The van der Waals surface area contributed by atoms with Crippen molar-refractivity contribution in [3.05, 3.63) is 162 Å². The van der Waals surface area contributed by atoms with E-state index in [9.17, 15) is 14.4 Å². The van der Waals surface area contributed by atoms with Crippen molar-refractivity contribution in [3.8, 4) is 0 Å². The van der Waals surface area contributed by atoms with E-state index in [2.05, 4.69) is 54.6 Å². The van der Waals surface area contributed by atoms with Gasteiger partial charge in [-0.2, -0.15) is 0 Å².